The van der Waals surface area contributed by atoms with Gasteiger partial charge in [-0.3, -0.25) is 30.6 Å². The van der Waals surface area contributed by atoms with Crippen molar-refractivity contribution in [2.45, 2.75) is 52.4 Å². The number of unbranched alkanes of at least 4 members (excludes halogenated alkanes) is 4. The molecule has 0 aliphatic heterocycles. The molecule has 8 nitrogen and oxygen atoms in total. The molecule has 0 saturated heterocycles. The van der Waals surface area contributed by atoms with Gasteiger partial charge in [-0.1, -0.05) is 39.5 Å². The molecule has 3 amide bonds. The van der Waals surface area contributed by atoms with Crippen LogP contribution < -0.4 is 26.2 Å². The molecule has 2 rings (SSSR count). The number of rotatable bonds is 11. The van der Waals surface area contributed by atoms with Gasteiger partial charge in [-0.2, -0.15) is 0 Å². The fourth-order valence-electron chi connectivity index (χ4n) is 2.94. The molecule has 2 aromatic carbocycles. The van der Waals surface area contributed by atoms with Gasteiger partial charge in [0.05, 0.1) is 6.61 Å². The van der Waals surface area contributed by atoms with Crippen LogP contribution in [0.3, 0.4) is 0 Å². The topological polar surface area (TPSA) is 109 Å². The van der Waals surface area contributed by atoms with Crippen molar-refractivity contribution in [3.63, 3.8) is 0 Å². The summed E-state index contributed by atoms with van der Waals surface area (Å²) in [5.74, 6) is -0.254. The first-order chi connectivity index (χ1) is 16.4. The summed E-state index contributed by atoms with van der Waals surface area (Å²) in [6.45, 7) is 4.59. The van der Waals surface area contributed by atoms with Gasteiger partial charge in [-0.05, 0) is 67.2 Å². The van der Waals surface area contributed by atoms with Crippen LogP contribution in [0.5, 0.6) is 5.75 Å². The van der Waals surface area contributed by atoms with Gasteiger partial charge >= 0.3 is 0 Å². The molecule has 0 bridgehead atoms. The normalized spacial score (nSPS) is 10.2. The van der Waals surface area contributed by atoms with Gasteiger partial charge in [0.15, 0.2) is 5.11 Å². The van der Waals surface area contributed by atoms with Crippen LogP contribution in [0.1, 0.15) is 73.1 Å². The number of hydrogen-bond acceptors (Lipinski definition) is 5. The van der Waals surface area contributed by atoms with Gasteiger partial charge in [0.1, 0.15) is 5.75 Å². The minimum absolute atomic E-state index is 0.0439. The van der Waals surface area contributed by atoms with E-state index < -0.39 is 11.8 Å². The van der Waals surface area contributed by atoms with E-state index in [0.717, 1.165) is 12.8 Å². The Bertz CT molecular complexity index is 962. The average molecular weight is 485 g/mol. The Morgan fingerprint density at radius 1 is 0.794 bits per heavy atom. The van der Waals surface area contributed by atoms with E-state index in [9.17, 15) is 14.4 Å². The molecule has 0 aliphatic rings. The van der Waals surface area contributed by atoms with Gasteiger partial charge in [0.25, 0.3) is 11.8 Å². The lowest BCUT2D eigenvalue weighted by Crippen LogP contribution is -2.48. The fraction of sp³-hybridized carbons (Fsp3) is 0.360. The van der Waals surface area contributed by atoms with Crippen LogP contribution in [-0.4, -0.2) is 29.4 Å². The lowest BCUT2D eigenvalue weighted by molar-refractivity contribution is -0.115. The lowest BCUT2D eigenvalue weighted by atomic mass is 10.2. The molecule has 4 N–H and O–H groups in total. The Hall–Kier alpha value is -3.46. The standard InChI is InChI=1S/C25H32N4O4S/c1-3-5-6-7-8-17-33-21-15-11-18(12-16-21)23(31)27-25(34)29-28-24(32)19-9-13-20(14-10-19)26-22(30)4-2/h9-16H,3-8,17H2,1-2H3,(H,26,30)(H,28,32)(H2,27,29,31,34). The molecule has 34 heavy (non-hydrogen) atoms. The first-order valence-corrected chi connectivity index (χ1v) is 11.9. The molecule has 0 unspecified atom stereocenters. The van der Waals surface area contributed by atoms with E-state index in [0.29, 0.717) is 35.6 Å². The summed E-state index contributed by atoms with van der Waals surface area (Å²) in [4.78, 5) is 36.0. The van der Waals surface area contributed by atoms with Crippen LogP contribution in [0.25, 0.3) is 0 Å². The van der Waals surface area contributed by atoms with Crippen molar-refractivity contribution in [3.05, 3.63) is 59.7 Å². The second-order valence-electron chi connectivity index (χ2n) is 7.63. The number of carbonyl (C=O) groups excluding carboxylic acids is 3. The summed E-state index contributed by atoms with van der Waals surface area (Å²) < 4.78 is 5.70. The summed E-state index contributed by atoms with van der Waals surface area (Å²) in [7, 11) is 0. The zero-order valence-corrected chi connectivity index (χ0v) is 20.4. The molecule has 0 heterocycles. The van der Waals surface area contributed by atoms with E-state index >= 15 is 0 Å². The van der Waals surface area contributed by atoms with Gasteiger partial charge in [0, 0.05) is 23.2 Å². The molecule has 2 aromatic rings. The van der Waals surface area contributed by atoms with Gasteiger partial charge in [-0.25, -0.2) is 0 Å². The number of benzene rings is 2. The highest BCUT2D eigenvalue weighted by molar-refractivity contribution is 7.80. The Balaban J connectivity index is 1.73. The second-order valence-corrected chi connectivity index (χ2v) is 8.04. The van der Waals surface area contributed by atoms with Crippen molar-refractivity contribution >= 4 is 40.7 Å². The molecular formula is C25H32N4O4S. The highest BCUT2D eigenvalue weighted by Crippen LogP contribution is 2.13. The third kappa shape index (κ3) is 9.58. The number of carbonyl (C=O) groups is 3. The van der Waals surface area contributed by atoms with Crippen LogP contribution in [0.4, 0.5) is 5.69 Å². The molecule has 0 saturated carbocycles. The zero-order chi connectivity index (χ0) is 24.8. The summed E-state index contributed by atoms with van der Waals surface area (Å²) in [5, 5.41) is 5.17. The molecule has 0 radical (unpaired) electrons. The van der Waals surface area contributed by atoms with Crippen molar-refractivity contribution < 1.29 is 19.1 Å². The highest BCUT2D eigenvalue weighted by atomic mass is 32.1. The number of hydrogen-bond donors (Lipinski definition) is 4. The van der Waals surface area contributed by atoms with Gasteiger partial charge < -0.3 is 10.1 Å². The molecule has 0 fully saturated rings. The predicted molar refractivity (Wildman–Crippen MR) is 137 cm³/mol. The maximum Gasteiger partial charge on any atom is 0.269 e. The smallest absolute Gasteiger partial charge is 0.269 e. The number of amides is 3. The minimum Gasteiger partial charge on any atom is -0.494 e. The quantitative estimate of drug-likeness (QED) is 0.215. The second kappa shape index (κ2) is 14.6. The van der Waals surface area contributed by atoms with Crippen LogP contribution in [0.2, 0.25) is 0 Å². The van der Waals surface area contributed by atoms with Crippen LogP contribution in [0.15, 0.2) is 48.5 Å². The van der Waals surface area contributed by atoms with Crippen molar-refractivity contribution in [2.75, 3.05) is 11.9 Å². The Morgan fingerprint density at radius 3 is 2.06 bits per heavy atom. The molecule has 182 valence electrons. The van der Waals surface area contributed by atoms with E-state index in [1.807, 2.05) is 0 Å². The first-order valence-electron chi connectivity index (χ1n) is 11.5. The maximum absolute atomic E-state index is 12.4. The number of ether oxygens (including phenoxy) is 1. The van der Waals surface area contributed by atoms with E-state index in [2.05, 4.69) is 28.4 Å². The number of nitrogens with one attached hydrogen (secondary N) is 4. The Kier molecular flexibility index (Phi) is 11.5. The van der Waals surface area contributed by atoms with E-state index in [1.165, 1.54) is 19.3 Å². The number of hydrazine groups is 1. The summed E-state index contributed by atoms with van der Waals surface area (Å²) >= 11 is 5.08. The highest BCUT2D eigenvalue weighted by Gasteiger charge is 2.10. The predicted octanol–water partition coefficient (Wildman–Crippen LogP) is 4.33. The van der Waals surface area contributed by atoms with Crippen molar-refractivity contribution in [1.29, 1.82) is 0 Å². The van der Waals surface area contributed by atoms with Gasteiger partial charge in [-0.15, -0.1) is 0 Å². The monoisotopic (exact) mass is 484 g/mol. The number of thiocarbonyl (C=S) groups is 1. The number of anilines is 1. The van der Waals surface area contributed by atoms with Crippen LogP contribution in [0, 0.1) is 0 Å². The third-order valence-corrected chi connectivity index (χ3v) is 5.11. The van der Waals surface area contributed by atoms with E-state index in [1.54, 1.807) is 55.5 Å². The average Bonchev–Trinajstić information content (AvgIpc) is 2.85. The van der Waals surface area contributed by atoms with Gasteiger partial charge in [0.2, 0.25) is 5.91 Å². The molecule has 0 atom stereocenters. The van der Waals surface area contributed by atoms with Crippen molar-refractivity contribution in [3.8, 4) is 5.75 Å². The molecule has 9 heteroatoms. The Morgan fingerprint density at radius 2 is 1.41 bits per heavy atom. The molecule has 0 spiro atoms. The molecule has 0 aliphatic carbocycles. The summed E-state index contributed by atoms with van der Waals surface area (Å²) in [5.41, 5.74) is 6.30. The Labute approximate surface area is 205 Å². The lowest BCUT2D eigenvalue weighted by Gasteiger charge is -2.12. The van der Waals surface area contributed by atoms with Crippen molar-refractivity contribution in [2.24, 2.45) is 0 Å². The molecular weight excluding hydrogens is 452 g/mol. The van der Waals surface area contributed by atoms with Crippen LogP contribution in [-0.2, 0) is 4.79 Å². The maximum atomic E-state index is 12.4. The van der Waals surface area contributed by atoms with E-state index in [4.69, 9.17) is 17.0 Å². The van der Waals surface area contributed by atoms with E-state index in [-0.39, 0.29) is 11.0 Å². The fourth-order valence-corrected chi connectivity index (χ4v) is 3.09. The third-order valence-electron chi connectivity index (χ3n) is 4.90. The minimum atomic E-state index is -0.443. The van der Waals surface area contributed by atoms with Crippen molar-refractivity contribution in [1.82, 2.24) is 16.2 Å². The SMILES string of the molecule is CCCCCCCOc1ccc(C(=O)NC(=S)NNC(=O)c2ccc(NC(=O)CC)cc2)cc1. The zero-order valence-electron chi connectivity index (χ0n) is 19.6. The first kappa shape index (κ1) is 26.8. The van der Waals surface area contributed by atoms with Crippen LogP contribution >= 0.6 is 12.2 Å². The summed E-state index contributed by atoms with van der Waals surface area (Å²) in [6, 6.07) is 13.2. The largest absolute Gasteiger partial charge is 0.494 e. The molecule has 0 aromatic heterocycles. The summed E-state index contributed by atoms with van der Waals surface area (Å²) in [6.07, 6.45) is 6.21.